The first-order valence-corrected chi connectivity index (χ1v) is 9.25. The number of benzene rings is 1. The van der Waals surface area contributed by atoms with Crippen LogP contribution in [0.3, 0.4) is 0 Å². The maximum atomic E-state index is 14.0. The van der Waals surface area contributed by atoms with Crippen molar-refractivity contribution < 1.29 is 18.7 Å². The van der Waals surface area contributed by atoms with E-state index in [0.29, 0.717) is 44.7 Å². The Morgan fingerprint density at radius 1 is 1.08 bits per heavy atom. The summed E-state index contributed by atoms with van der Waals surface area (Å²) in [6.07, 6.45) is 1.26. The molecule has 0 radical (unpaired) electrons. The highest BCUT2D eigenvalue weighted by atomic mass is 19.1. The summed E-state index contributed by atoms with van der Waals surface area (Å²) >= 11 is 0. The molecule has 1 aromatic carbocycles. The van der Waals surface area contributed by atoms with Gasteiger partial charge in [0.05, 0.1) is 11.1 Å². The molecule has 2 atom stereocenters. The number of carbonyl (C=O) groups is 2. The zero-order valence-corrected chi connectivity index (χ0v) is 15.5. The van der Waals surface area contributed by atoms with Gasteiger partial charge in [0.25, 0.3) is 5.91 Å². The summed E-state index contributed by atoms with van der Waals surface area (Å²) in [4.78, 5) is 29.5. The zero-order chi connectivity index (χ0) is 18.7. The van der Waals surface area contributed by atoms with E-state index in [1.54, 1.807) is 17.0 Å². The summed E-state index contributed by atoms with van der Waals surface area (Å²) in [6, 6.07) is 6.70. The third kappa shape index (κ3) is 2.01. The number of anilines is 1. The van der Waals surface area contributed by atoms with Crippen LogP contribution >= 0.6 is 0 Å². The lowest BCUT2D eigenvalue weighted by atomic mass is 9.66. The molecule has 6 heteroatoms. The number of piperazine rings is 1. The number of carbonyl (C=O) groups excluding carboxylic acids is 2. The average molecular weight is 360 g/mol. The number of ether oxygens (including phenoxy) is 1. The molecule has 1 aromatic rings. The largest absolute Gasteiger partial charge is 0.448 e. The van der Waals surface area contributed by atoms with Gasteiger partial charge in [-0.05, 0) is 31.9 Å². The molecule has 4 rings (SSSR count). The van der Waals surface area contributed by atoms with Crippen LogP contribution in [0.25, 0.3) is 0 Å². The van der Waals surface area contributed by atoms with Crippen LogP contribution in [0.4, 0.5) is 10.1 Å². The minimum Gasteiger partial charge on any atom is -0.448 e. The molecule has 140 valence electrons. The van der Waals surface area contributed by atoms with Gasteiger partial charge in [-0.15, -0.1) is 0 Å². The highest BCUT2D eigenvalue weighted by Crippen LogP contribution is 2.65. The fourth-order valence-corrected chi connectivity index (χ4v) is 4.84. The van der Waals surface area contributed by atoms with Gasteiger partial charge in [-0.2, -0.15) is 0 Å². The Kier molecular flexibility index (Phi) is 3.62. The number of fused-ring (bicyclic) bond motifs is 2. The second-order valence-electron chi connectivity index (χ2n) is 8.40. The van der Waals surface area contributed by atoms with Gasteiger partial charge in [0, 0.05) is 31.6 Å². The van der Waals surface area contributed by atoms with Crippen molar-refractivity contribution in [1.29, 1.82) is 0 Å². The second-order valence-corrected chi connectivity index (χ2v) is 8.40. The van der Waals surface area contributed by atoms with Gasteiger partial charge in [-0.3, -0.25) is 9.59 Å². The van der Waals surface area contributed by atoms with Crippen molar-refractivity contribution >= 4 is 17.6 Å². The molecule has 3 aliphatic rings. The number of para-hydroxylation sites is 1. The van der Waals surface area contributed by atoms with Crippen LogP contribution in [0.1, 0.15) is 33.6 Å². The molecule has 0 unspecified atom stereocenters. The molecule has 2 heterocycles. The molecular formula is C20H25FN2O3. The Morgan fingerprint density at radius 2 is 1.73 bits per heavy atom. The first-order valence-electron chi connectivity index (χ1n) is 9.25. The van der Waals surface area contributed by atoms with E-state index in [1.165, 1.54) is 6.07 Å². The van der Waals surface area contributed by atoms with Gasteiger partial charge in [0.15, 0.2) is 5.60 Å². The highest BCUT2D eigenvalue weighted by Gasteiger charge is 2.76. The predicted octanol–water partition coefficient (Wildman–Crippen LogP) is 2.60. The Hall–Kier alpha value is -2.11. The molecule has 0 spiro atoms. The summed E-state index contributed by atoms with van der Waals surface area (Å²) < 4.78 is 19.7. The van der Waals surface area contributed by atoms with E-state index < -0.39 is 16.4 Å². The van der Waals surface area contributed by atoms with Gasteiger partial charge in [-0.25, -0.2) is 4.39 Å². The lowest BCUT2D eigenvalue weighted by Crippen LogP contribution is -2.59. The maximum absolute atomic E-state index is 14.0. The van der Waals surface area contributed by atoms with E-state index in [4.69, 9.17) is 4.74 Å². The van der Waals surface area contributed by atoms with E-state index in [1.807, 2.05) is 31.7 Å². The summed E-state index contributed by atoms with van der Waals surface area (Å²) in [5.41, 5.74) is -1.62. The Labute approximate surface area is 153 Å². The third-order valence-corrected chi connectivity index (χ3v) is 7.19. The van der Waals surface area contributed by atoms with E-state index in [0.717, 1.165) is 0 Å². The monoisotopic (exact) mass is 360 g/mol. The molecule has 1 saturated carbocycles. The van der Waals surface area contributed by atoms with Crippen LogP contribution in [-0.2, 0) is 14.3 Å². The van der Waals surface area contributed by atoms with Crippen LogP contribution in [0.15, 0.2) is 24.3 Å². The van der Waals surface area contributed by atoms with Crippen LogP contribution in [0, 0.1) is 16.6 Å². The fourth-order valence-electron chi connectivity index (χ4n) is 4.84. The smallest absolute Gasteiger partial charge is 0.313 e. The van der Waals surface area contributed by atoms with Gasteiger partial charge in [0.1, 0.15) is 5.82 Å². The van der Waals surface area contributed by atoms with Crippen molar-refractivity contribution in [2.45, 2.75) is 39.2 Å². The predicted molar refractivity (Wildman–Crippen MR) is 95.1 cm³/mol. The molecule has 2 bridgehead atoms. The standard InChI is InChI=1S/C20H25FN2O3/c1-18(2)19(3)8-9-20(18,26-17(19)25)16(24)23-12-10-22(11-13-23)15-7-5-4-6-14(15)21/h4-7H,8-13H2,1-3H3/t19-,20+/m1/s1. The molecule has 2 aliphatic heterocycles. The third-order valence-electron chi connectivity index (χ3n) is 7.19. The molecule has 0 N–H and O–H groups in total. The number of rotatable bonds is 2. The highest BCUT2D eigenvalue weighted by molar-refractivity contribution is 5.96. The van der Waals surface area contributed by atoms with Crippen molar-refractivity contribution in [3.63, 3.8) is 0 Å². The van der Waals surface area contributed by atoms with Crippen molar-refractivity contribution in [3.05, 3.63) is 30.1 Å². The minimum atomic E-state index is -1.06. The van der Waals surface area contributed by atoms with E-state index in [2.05, 4.69) is 0 Å². The molecule has 26 heavy (non-hydrogen) atoms. The fraction of sp³-hybridized carbons (Fsp3) is 0.600. The Balaban J connectivity index is 1.51. The Bertz CT molecular complexity index is 772. The summed E-state index contributed by atoms with van der Waals surface area (Å²) in [6.45, 7) is 7.98. The number of nitrogens with zero attached hydrogens (tertiary/aromatic N) is 2. The summed E-state index contributed by atoms with van der Waals surface area (Å²) in [5, 5.41) is 0. The number of esters is 1. The van der Waals surface area contributed by atoms with Gasteiger partial charge < -0.3 is 14.5 Å². The number of halogens is 1. The average Bonchev–Trinajstić information content (AvgIpc) is 2.92. The number of amides is 1. The van der Waals surface area contributed by atoms with Crippen LogP contribution in [0.5, 0.6) is 0 Å². The summed E-state index contributed by atoms with van der Waals surface area (Å²) in [5.74, 6) is -0.597. The lowest BCUT2D eigenvalue weighted by Gasteiger charge is -2.42. The first-order chi connectivity index (χ1) is 12.2. The van der Waals surface area contributed by atoms with Crippen molar-refractivity contribution in [3.8, 4) is 0 Å². The normalized spacial score (nSPS) is 32.7. The quantitative estimate of drug-likeness (QED) is 0.761. The van der Waals surface area contributed by atoms with Crippen LogP contribution < -0.4 is 4.90 Å². The molecule has 3 fully saturated rings. The molecule has 0 aromatic heterocycles. The van der Waals surface area contributed by atoms with Crippen LogP contribution in [0.2, 0.25) is 0 Å². The molecule has 1 amide bonds. The number of hydrogen-bond acceptors (Lipinski definition) is 4. The maximum Gasteiger partial charge on any atom is 0.313 e. The van der Waals surface area contributed by atoms with E-state index in [9.17, 15) is 14.0 Å². The lowest BCUT2D eigenvalue weighted by molar-refractivity contribution is -0.174. The van der Waals surface area contributed by atoms with Gasteiger partial charge in [-0.1, -0.05) is 26.0 Å². The molecule has 2 saturated heterocycles. The van der Waals surface area contributed by atoms with Crippen molar-refractivity contribution in [2.75, 3.05) is 31.1 Å². The second kappa shape index (κ2) is 5.44. The van der Waals surface area contributed by atoms with Gasteiger partial charge in [0.2, 0.25) is 0 Å². The SMILES string of the molecule is CC1(C)[C@@]2(C(=O)N3CCN(c4ccccc4F)CC3)CC[C@]1(C)C(=O)O2. The topological polar surface area (TPSA) is 49.9 Å². The van der Waals surface area contributed by atoms with Crippen molar-refractivity contribution in [2.24, 2.45) is 10.8 Å². The molecular weight excluding hydrogens is 335 g/mol. The zero-order valence-electron chi connectivity index (χ0n) is 15.5. The molecule has 5 nitrogen and oxygen atoms in total. The van der Waals surface area contributed by atoms with E-state index >= 15 is 0 Å². The minimum absolute atomic E-state index is 0.0924. The van der Waals surface area contributed by atoms with E-state index in [-0.39, 0.29) is 17.7 Å². The van der Waals surface area contributed by atoms with Crippen LogP contribution in [-0.4, -0.2) is 48.6 Å². The Morgan fingerprint density at radius 3 is 2.27 bits per heavy atom. The summed E-state index contributed by atoms with van der Waals surface area (Å²) in [7, 11) is 0. The number of hydrogen-bond donors (Lipinski definition) is 0. The van der Waals surface area contributed by atoms with Gasteiger partial charge >= 0.3 is 5.97 Å². The first kappa shape index (κ1) is 17.3. The van der Waals surface area contributed by atoms with Crippen molar-refractivity contribution in [1.82, 2.24) is 4.90 Å². The molecule has 1 aliphatic carbocycles.